The van der Waals surface area contributed by atoms with Crippen LogP contribution in [-0.2, 0) is 0 Å². The van der Waals surface area contributed by atoms with Crippen LogP contribution >= 0.6 is 24.8 Å². The Labute approximate surface area is 99.0 Å². The van der Waals surface area contributed by atoms with E-state index in [1.807, 2.05) is 0 Å². The summed E-state index contributed by atoms with van der Waals surface area (Å²) in [4.78, 5) is 13.6. The minimum Gasteiger partial charge on any atom is -0.329 e. The zero-order valence-electron chi connectivity index (χ0n) is 7.70. The zero-order chi connectivity index (χ0) is 9.84. The second kappa shape index (κ2) is 7.36. The minimum absolute atomic E-state index is 0. The molecule has 0 spiro atoms. The van der Waals surface area contributed by atoms with Gasteiger partial charge in [-0.25, -0.2) is 0 Å². The average molecular weight is 255 g/mol. The molecule has 0 radical (unpaired) electrons. The predicted molar refractivity (Wildman–Crippen MR) is 61.4 cm³/mol. The molecule has 0 bridgehead atoms. The van der Waals surface area contributed by atoms with E-state index < -0.39 is 4.92 Å². The number of nitrogens with two attached hydrogens (primary N) is 2. The number of halogens is 2. The number of aromatic nitrogens is 1. The third kappa shape index (κ3) is 4.39. The molecule has 1 aromatic rings. The number of hydrogen-bond donors (Lipinski definition) is 2. The van der Waals surface area contributed by atoms with Gasteiger partial charge >= 0.3 is 0 Å². The molecule has 1 rings (SSSR count). The summed E-state index contributed by atoms with van der Waals surface area (Å²) in [7, 11) is 0. The minimum atomic E-state index is -0.509. The van der Waals surface area contributed by atoms with Crippen LogP contribution in [0.2, 0.25) is 0 Å². The Bertz CT molecular complexity index is 306. The van der Waals surface area contributed by atoms with Crippen molar-refractivity contribution in [3.63, 3.8) is 0 Å². The molecule has 0 aliphatic heterocycles. The lowest BCUT2D eigenvalue weighted by Gasteiger charge is -2.06. The molecular weight excluding hydrogens is 243 g/mol. The van der Waals surface area contributed by atoms with Crippen LogP contribution in [0.5, 0.6) is 0 Å². The van der Waals surface area contributed by atoms with Crippen molar-refractivity contribution < 1.29 is 4.92 Å². The molecule has 86 valence electrons. The van der Waals surface area contributed by atoms with E-state index in [1.54, 1.807) is 0 Å². The van der Waals surface area contributed by atoms with Gasteiger partial charge in [-0.3, -0.25) is 15.1 Å². The summed E-state index contributed by atoms with van der Waals surface area (Å²) in [6, 6.07) is 2.51. The van der Waals surface area contributed by atoms with Crippen molar-refractivity contribution in [1.29, 1.82) is 0 Å². The van der Waals surface area contributed by atoms with Crippen molar-refractivity contribution in [2.45, 2.75) is 6.04 Å². The molecule has 1 atom stereocenters. The van der Waals surface area contributed by atoms with Crippen LogP contribution in [0, 0.1) is 10.1 Å². The second-order valence-corrected chi connectivity index (χ2v) is 2.54. The van der Waals surface area contributed by atoms with Crippen LogP contribution in [0.3, 0.4) is 0 Å². The van der Waals surface area contributed by atoms with Gasteiger partial charge in [0, 0.05) is 12.6 Å². The first-order valence-corrected chi connectivity index (χ1v) is 3.71. The predicted octanol–water partition coefficient (Wildman–Crippen LogP) is 0.792. The highest BCUT2D eigenvalue weighted by Gasteiger charge is 2.08. The number of nitrogens with zero attached hydrogens (tertiary/aromatic N) is 2. The Hall–Kier alpha value is -0.950. The summed E-state index contributed by atoms with van der Waals surface area (Å²) >= 11 is 0. The molecule has 6 nitrogen and oxygen atoms in total. The molecule has 0 aromatic carbocycles. The number of nitro groups is 1. The van der Waals surface area contributed by atoms with E-state index in [-0.39, 0.29) is 43.1 Å². The quantitative estimate of drug-likeness (QED) is 0.613. The lowest BCUT2D eigenvalue weighted by molar-refractivity contribution is -0.385. The molecular formula is C7H12Cl2N4O2. The molecule has 0 amide bonds. The maximum absolute atomic E-state index is 10.3. The fourth-order valence-electron chi connectivity index (χ4n) is 0.846. The van der Waals surface area contributed by atoms with E-state index >= 15 is 0 Å². The molecule has 0 fully saturated rings. The van der Waals surface area contributed by atoms with Gasteiger partial charge < -0.3 is 11.5 Å². The van der Waals surface area contributed by atoms with Crippen molar-refractivity contribution in [2.24, 2.45) is 11.5 Å². The molecule has 1 aromatic heterocycles. The van der Waals surface area contributed by atoms with Crippen molar-refractivity contribution in [3.05, 3.63) is 34.1 Å². The fraction of sp³-hybridized carbons (Fsp3) is 0.286. The summed E-state index contributed by atoms with van der Waals surface area (Å²) in [6.45, 7) is 0.269. The van der Waals surface area contributed by atoms with Gasteiger partial charge in [-0.2, -0.15) is 0 Å². The average Bonchev–Trinajstić information content (AvgIpc) is 2.17. The number of rotatable bonds is 3. The Balaban J connectivity index is 0. The maximum Gasteiger partial charge on any atom is 0.287 e. The molecule has 15 heavy (non-hydrogen) atoms. The van der Waals surface area contributed by atoms with Gasteiger partial charge in [-0.15, -0.1) is 24.8 Å². The topological polar surface area (TPSA) is 108 Å². The monoisotopic (exact) mass is 254 g/mol. The van der Waals surface area contributed by atoms with E-state index in [1.165, 1.54) is 18.3 Å². The van der Waals surface area contributed by atoms with E-state index in [9.17, 15) is 10.1 Å². The van der Waals surface area contributed by atoms with Crippen LogP contribution in [0.4, 0.5) is 5.69 Å². The summed E-state index contributed by atoms with van der Waals surface area (Å²) in [5.41, 5.74) is 11.4. The fourth-order valence-corrected chi connectivity index (χ4v) is 0.846. The number of hydrogen-bond acceptors (Lipinski definition) is 5. The highest BCUT2D eigenvalue weighted by atomic mass is 35.5. The molecule has 1 unspecified atom stereocenters. The first-order valence-electron chi connectivity index (χ1n) is 3.71. The maximum atomic E-state index is 10.3. The third-order valence-corrected chi connectivity index (χ3v) is 1.62. The molecule has 0 saturated carbocycles. The van der Waals surface area contributed by atoms with Gasteiger partial charge in [-0.05, 0) is 6.07 Å². The van der Waals surface area contributed by atoms with Gasteiger partial charge in [0.05, 0.1) is 16.7 Å². The smallest absolute Gasteiger partial charge is 0.287 e. The molecule has 0 saturated heterocycles. The van der Waals surface area contributed by atoms with Crippen molar-refractivity contribution in [1.82, 2.24) is 4.98 Å². The first kappa shape index (κ1) is 16.5. The molecule has 0 aliphatic rings. The van der Waals surface area contributed by atoms with Crippen LogP contribution in [0.15, 0.2) is 18.3 Å². The molecule has 0 aliphatic carbocycles. The lowest BCUT2D eigenvalue weighted by Crippen LogP contribution is -2.21. The van der Waals surface area contributed by atoms with Gasteiger partial charge in [0.25, 0.3) is 5.69 Å². The van der Waals surface area contributed by atoms with Crippen molar-refractivity contribution >= 4 is 30.5 Å². The zero-order valence-corrected chi connectivity index (χ0v) is 9.33. The van der Waals surface area contributed by atoms with E-state index in [2.05, 4.69) is 4.98 Å². The van der Waals surface area contributed by atoms with Gasteiger partial charge in [0.15, 0.2) is 0 Å². The highest BCUT2D eigenvalue weighted by molar-refractivity contribution is 5.85. The van der Waals surface area contributed by atoms with Gasteiger partial charge in [0.2, 0.25) is 0 Å². The Morgan fingerprint density at radius 2 is 2.07 bits per heavy atom. The Morgan fingerprint density at radius 1 is 1.47 bits per heavy atom. The summed E-state index contributed by atoms with van der Waals surface area (Å²) in [6.07, 6.45) is 1.17. The first-order chi connectivity index (χ1) is 6.15. The van der Waals surface area contributed by atoms with Crippen LogP contribution in [-0.4, -0.2) is 16.5 Å². The standard InChI is InChI=1S/C7H10N4O2.2ClH/c8-3-6(9)7-2-1-5(4-10-7)11(12)13;;/h1-2,4,6H,3,8-9H2;2*1H. The largest absolute Gasteiger partial charge is 0.329 e. The van der Waals surface area contributed by atoms with Crippen molar-refractivity contribution in [3.8, 4) is 0 Å². The van der Waals surface area contributed by atoms with E-state index in [4.69, 9.17) is 11.5 Å². The Kier molecular flexibility index (Phi) is 8.08. The summed E-state index contributed by atoms with van der Waals surface area (Å²) < 4.78 is 0. The third-order valence-electron chi connectivity index (χ3n) is 1.62. The lowest BCUT2D eigenvalue weighted by atomic mass is 10.2. The summed E-state index contributed by atoms with van der Waals surface area (Å²) in [5.74, 6) is 0. The van der Waals surface area contributed by atoms with Gasteiger partial charge in [0.1, 0.15) is 6.20 Å². The highest BCUT2D eigenvalue weighted by Crippen LogP contribution is 2.11. The normalized spacial score (nSPS) is 10.8. The molecule has 1 heterocycles. The molecule has 4 N–H and O–H groups in total. The second-order valence-electron chi connectivity index (χ2n) is 2.54. The van der Waals surface area contributed by atoms with E-state index in [0.717, 1.165) is 0 Å². The van der Waals surface area contributed by atoms with Crippen LogP contribution < -0.4 is 11.5 Å². The summed E-state index contributed by atoms with van der Waals surface area (Å²) in [5, 5.41) is 10.3. The Morgan fingerprint density at radius 3 is 2.40 bits per heavy atom. The van der Waals surface area contributed by atoms with Gasteiger partial charge in [-0.1, -0.05) is 0 Å². The van der Waals surface area contributed by atoms with Crippen LogP contribution in [0.1, 0.15) is 11.7 Å². The number of pyridine rings is 1. The van der Waals surface area contributed by atoms with Crippen molar-refractivity contribution in [2.75, 3.05) is 6.54 Å². The molecule has 8 heteroatoms. The van der Waals surface area contributed by atoms with Crippen LogP contribution in [0.25, 0.3) is 0 Å². The van der Waals surface area contributed by atoms with E-state index in [0.29, 0.717) is 5.69 Å². The SMILES string of the molecule is Cl.Cl.NCC(N)c1ccc([N+](=O)[O-])cn1.